The first-order chi connectivity index (χ1) is 12.5. The molecule has 2 saturated heterocycles. The van der Waals surface area contributed by atoms with Gasteiger partial charge in [0.25, 0.3) is 0 Å². The lowest BCUT2D eigenvalue weighted by atomic mass is 9.89. The highest BCUT2D eigenvalue weighted by atomic mass is 16.5. The van der Waals surface area contributed by atoms with Gasteiger partial charge in [0.15, 0.2) is 0 Å². The maximum absolute atomic E-state index is 13.2. The van der Waals surface area contributed by atoms with E-state index >= 15 is 0 Å². The van der Waals surface area contributed by atoms with Crippen molar-refractivity contribution in [1.82, 2.24) is 9.80 Å². The van der Waals surface area contributed by atoms with Crippen LogP contribution in [0.15, 0.2) is 30.3 Å². The molecule has 26 heavy (non-hydrogen) atoms. The number of carbonyl (C=O) groups is 2. The minimum absolute atomic E-state index is 0.0478. The molecule has 1 aromatic rings. The van der Waals surface area contributed by atoms with Crippen molar-refractivity contribution in [1.29, 1.82) is 0 Å². The lowest BCUT2D eigenvalue weighted by Crippen LogP contribution is -2.60. The number of morpholine rings is 1. The fraction of sp³-hybridized carbons (Fsp3) is 0.619. The summed E-state index contributed by atoms with van der Waals surface area (Å²) >= 11 is 0. The van der Waals surface area contributed by atoms with Gasteiger partial charge in [-0.3, -0.25) is 14.5 Å². The zero-order valence-electron chi connectivity index (χ0n) is 15.9. The van der Waals surface area contributed by atoms with Crippen LogP contribution in [-0.4, -0.2) is 66.4 Å². The largest absolute Gasteiger partial charge is 0.379 e. The Morgan fingerprint density at radius 1 is 1.12 bits per heavy atom. The van der Waals surface area contributed by atoms with Gasteiger partial charge in [-0.05, 0) is 32.3 Å². The van der Waals surface area contributed by atoms with E-state index in [9.17, 15) is 9.59 Å². The van der Waals surface area contributed by atoms with E-state index in [2.05, 4.69) is 4.90 Å². The monoisotopic (exact) mass is 358 g/mol. The summed E-state index contributed by atoms with van der Waals surface area (Å²) in [7, 11) is 0. The Labute approximate surface area is 156 Å². The number of piperidine rings is 1. The summed E-state index contributed by atoms with van der Waals surface area (Å²) < 4.78 is 5.41. The maximum Gasteiger partial charge on any atom is 0.242 e. The molecule has 0 unspecified atom stereocenters. The first-order valence-corrected chi connectivity index (χ1v) is 9.67. The van der Waals surface area contributed by atoms with Crippen LogP contribution >= 0.6 is 0 Å². The molecule has 1 amide bonds. The molecule has 5 nitrogen and oxygen atoms in total. The molecule has 1 aromatic carbocycles. The standard InChI is InChI=1S/C21H30N2O3/c1-21(2,23-11-13-26-14-12-23)20(25)22-10-6-9-18(16-22)19(24)15-17-7-4-3-5-8-17/h3-5,7-8,18H,6,9-16H2,1-2H3/t18-/m1/s1. The Bertz CT molecular complexity index is 623. The average Bonchev–Trinajstić information content (AvgIpc) is 2.69. The number of nitrogens with zero attached hydrogens (tertiary/aromatic N) is 2. The highest BCUT2D eigenvalue weighted by Crippen LogP contribution is 2.25. The summed E-state index contributed by atoms with van der Waals surface area (Å²) in [5.74, 6) is 0.336. The van der Waals surface area contributed by atoms with Crippen LogP contribution in [0.5, 0.6) is 0 Å². The van der Waals surface area contributed by atoms with Crippen molar-refractivity contribution in [2.75, 3.05) is 39.4 Å². The topological polar surface area (TPSA) is 49.9 Å². The number of carbonyl (C=O) groups excluding carboxylic acids is 2. The molecule has 5 heteroatoms. The molecule has 0 aliphatic carbocycles. The van der Waals surface area contributed by atoms with Crippen molar-refractivity contribution in [3.8, 4) is 0 Å². The maximum atomic E-state index is 13.2. The second kappa shape index (κ2) is 8.31. The highest BCUT2D eigenvalue weighted by Gasteiger charge is 2.40. The van der Waals surface area contributed by atoms with Gasteiger partial charge in [0, 0.05) is 38.5 Å². The summed E-state index contributed by atoms with van der Waals surface area (Å²) in [6.07, 6.45) is 2.24. The fourth-order valence-corrected chi connectivity index (χ4v) is 4.01. The Morgan fingerprint density at radius 3 is 2.50 bits per heavy atom. The third-order valence-electron chi connectivity index (χ3n) is 5.71. The molecule has 0 bridgehead atoms. The number of ether oxygens (including phenoxy) is 1. The summed E-state index contributed by atoms with van der Waals surface area (Å²) in [6, 6.07) is 9.87. The van der Waals surface area contributed by atoms with Gasteiger partial charge in [-0.2, -0.15) is 0 Å². The molecule has 2 heterocycles. The predicted octanol–water partition coefficient (Wildman–Crippen LogP) is 2.15. The van der Waals surface area contributed by atoms with Crippen LogP contribution in [0.1, 0.15) is 32.3 Å². The van der Waals surface area contributed by atoms with Gasteiger partial charge in [-0.1, -0.05) is 30.3 Å². The Morgan fingerprint density at radius 2 is 1.81 bits per heavy atom. The summed E-state index contributed by atoms with van der Waals surface area (Å²) in [5.41, 5.74) is 0.503. The lowest BCUT2D eigenvalue weighted by Gasteiger charge is -2.44. The first kappa shape index (κ1) is 19.1. The van der Waals surface area contributed by atoms with Gasteiger partial charge in [-0.15, -0.1) is 0 Å². The Hall–Kier alpha value is -1.72. The van der Waals surface area contributed by atoms with Crippen LogP contribution < -0.4 is 0 Å². The van der Waals surface area contributed by atoms with Crippen molar-refractivity contribution < 1.29 is 14.3 Å². The SMILES string of the molecule is CC(C)(C(=O)N1CCC[C@@H](C(=O)Cc2ccccc2)C1)N1CCOCC1. The molecule has 0 radical (unpaired) electrons. The van der Waals surface area contributed by atoms with E-state index in [-0.39, 0.29) is 17.6 Å². The van der Waals surface area contributed by atoms with E-state index in [1.165, 1.54) is 0 Å². The van der Waals surface area contributed by atoms with Crippen LogP contribution in [0, 0.1) is 5.92 Å². The van der Waals surface area contributed by atoms with Gasteiger partial charge in [0.05, 0.1) is 18.8 Å². The number of benzene rings is 1. The molecule has 0 aromatic heterocycles. The Kier molecular flexibility index (Phi) is 6.09. The van der Waals surface area contributed by atoms with Crippen molar-refractivity contribution >= 4 is 11.7 Å². The minimum Gasteiger partial charge on any atom is -0.379 e. The van der Waals surface area contributed by atoms with Gasteiger partial charge in [0.2, 0.25) is 5.91 Å². The third kappa shape index (κ3) is 4.33. The van der Waals surface area contributed by atoms with Crippen molar-refractivity contribution in [2.45, 2.75) is 38.6 Å². The smallest absolute Gasteiger partial charge is 0.242 e. The fourth-order valence-electron chi connectivity index (χ4n) is 4.01. The number of rotatable bonds is 5. The van der Waals surface area contributed by atoms with Crippen LogP contribution in [0.3, 0.4) is 0 Å². The van der Waals surface area contributed by atoms with Gasteiger partial charge in [0.1, 0.15) is 5.78 Å². The van der Waals surface area contributed by atoms with Crippen LogP contribution in [0.4, 0.5) is 0 Å². The molecule has 0 spiro atoms. The number of amides is 1. The average molecular weight is 358 g/mol. The van der Waals surface area contributed by atoms with E-state index < -0.39 is 5.54 Å². The summed E-state index contributed by atoms with van der Waals surface area (Å²) in [6.45, 7) is 8.21. The number of hydrogen-bond acceptors (Lipinski definition) is 4. The zero-order chi connectivity index (χ0) is 18.6. The predicted molar refractivity (Wildman–Crippen MR) is 101 cm³/mol. The molecule has 1 atom stereocenters. The lowest BCUT2D eigenvalue weighted by molar-refractivity contribution is -0.148. The van der Waals surface area contributed by atoms with E-state index in [0.29, 0.717) is 26.2 Å². The highest BCUT2D eigenvalue weighted by molar-refractivity contribution is 5.88. The second-order valence-corrected chi connectivity index (χ2v) is 7.88. The van der Waals surface area contributed by atoms with Gasteiger partial charge >= 0.3 is 0 Å². The number of hydrogen-bond donors (Lipinski definition) is 0. The zero-order valence-corrected chi connectivity index (χ0v) is 15.9. The van der Waals surface area contributed by atoms with Crippen LogP contribution in [-0.2, 0) is 20.7 Å². The molecule has 2 aliphatic heterocycles. The van der Waals surface area contributed by atoms with Crippen molar-refractivity contribution in [2.24, 2.45) is 5.92 Å². The van der Waals surface area contributed by atoms with Crippen molar-refractivity contribution in [3.63, 3.8) is 0 Å². The Balaban J connectivity index is 1.62. The number of ketones is 1. The molecule has 0 N–H and O–H groups in total. The molecular formula is C21H30N2O3. The molecule has 2 fully saturated rings. The molecule has 0 saturated carbocycles. The van der Waals surface area contributed by atoms with E-state index in [0.717, 1.165) is 38.0 Å². The molecular weight excluding hydrogens is 328 g/mol. The van der Waals surface area contributed by atoms with Crippen LogP contribution in [0.25, 0.3) is 0 Å². The quantitative estimate of drug-likeness (QED) is 0.809. The van der Waals surface area contributed by atoms with Gasteiger partial charge in [-0.25, -0.2) is 0 Å². The normalized spacial score (nSPS) is 22.2. The van der Waals surface area contributed by atoms with E-state index in [4.69, 9.17) is 4.74 Å². The molecule has 3 rings (SSSR count). The molecule has 142 valence electrons. The van der Waals surface area contributed by atoms with Crippen molar-refractivity contribution in [3.05, 3.63) is 35.9 Å². The molecule has 2 aliphatic rings. The first-order valence-electron chi connectivity index (χ1n) is 9.67. The minimum atomic E-state index is -0.547. The number of likely N-dealkylation sites (tertiary alicyclic amines) is 1. The third-order valence-corrected chi connectivity index (χ3v) is 5.71. The summed E-state index contributed by atoms with van der Waals surface area (Å²) in [4.78, 5) is 30.0. The van der Waals surface area contributed by atoms with Crippen LogP contribution in [0.2, 0.25) is 0 Å². The van der Waals surface area contributed by atoms with Gasteiger partial charge < -0.3 is 9.64 Å². The summed E-state index contributed by atoms with van der Waals surface area (Å²) in [5, 5.41) is 0. The van der Waals surface area contributed by atoms with E-state index in [1.54, 1.807) is 0 Å². The number of Topliss-reactive ketones (excluding diaryl/α,β-unsaturated/α-hetero) is 1. The second-order valence-electron chi connectivity index (χ2n) is 7.88. The van der Waals surface area contributed by atoms with E-state index in [1.807, 2.05) is 49.1 Å².